The highest BCUT2D eigenvalue weighted by Gasteiger charge is 2.44. The molecule has 3 rings (SSSR count). The summed E-state index contributed by atoms with van der Waals surface area (Å²) in [6.45, 7) is 9.74. The molecule has 0 N–H and O–H groups in total. The Hall–Kier alpha value is -3.48. The molecular weight excluding hydrogens is 483 g/mol. The van der Waals surface area contributed by atoms with E-state index in [9.17, 15) is 0 Å². The number of aliphatic carboxylic acids is 1. The lowest BCUT2D eigenvalue weighted by Gasteiger charge is -2.26. The summed E-state index contributed by atoms with van der Waals surface area (Å²) in [7, 11) is -1.81. The van der Waals surface area contributed by atoms with E-state index in [0.717, 1.165) is 25.9 Å². The third-order valence-electron chi connectivity index (χ3n) is 6.11. The zero-order valence-corrected chi connectivity index (χ0v) is 24.3. The van der Waals surface area contributed by atoms with Gasteiger partial charge in [0.2, 0.25) is 0 Å². The molecule has 0 radical (unpaired) electrons. The van der Waals surface area contributed by atoms with E-state index in [-0.39, 0.29) is 0 Å². The van der Waals surface area contributed by atoms with E-state index in [2.05, 4.69) is 149 Å². The van der Waals surface area contributed by atoms with E-state index in [1.54, 1.807) is 0 Å². The van der Waals surface area contributed by atoms with Crippen molar-refractivity contribution >= 4 is 29.1 Å². The number of carboxylic acid groups (broad SMARTS) is 1. The van der Waals surface area contributed by atoms with Gasteiger partial charge in [0.1, 0.15) is 23.2 Å². The third-order valence-corrected chi connectivity index (χ3v) is 10.4. The van der Waals surface area contributed by atoms with Crippen LogP contribution in [0.1, 0.15) is 47.5 Å². The van der Waals surface area contributed by atoms with Crippen LogP contribution in [0, 0.1) is 0 Å². The van der Waals surface area contributed by atoms with Crippen molar-refractivity contribution in [2.24, 2.45) is 0 Å². The number of carbonyl (C=O) groups is 1. The summed E-state index contributed by atoms with van der Waals surface area (Å²) in [5.41, 5.74) is 4.12. The van der Waals surface area contributed by atoms with Gasteiger partial charge in [-0.25, -0.2) is 0 Å². The lowest BCUT2D eigenvalue weighted by Crippen LogP contribution is -2.33. The molecule has 0 spiro atoms. The van der Waals surface area contributed by atoms with Crippen LogP contribution in [0.4, 0.5) is 0 Å². The van der Waals surface area contributed by atoms with Crippen LogP contribution in [0.15, 0.2) is 138 Å². The van der Waals surface area contributed by atoms with Crippen molar-refractivity contribution in [3.63, 3.8) is 0 Å². The van der Waals surface area contributed by atoms with E-state index in [4.69, 9.17) is 9.90 Å². The normalized spacial score (nSPS) is 12.0. The molecule has 0 bridgehead atoms. The summed E-state index contributed by atoms with van der Waals surface area (Å²) in [6, 6.07) is 33.3. The summed E-state index contributed by atoms with van der Waals surface area (Å²) in [6.07, 6.45) is 14.7. The average molecular weight is 525 g/mol. The minimum atomic E-state index is -1.81. The maximum Gasteiger partial charge on any atom is 0.115 e. The Morgan fingerprint density at radius 3 is 1.53 bits per heavy atom. The number of hydrogen-bond acceptors (Lipinski definition) is 2. The first kappa shape index (κ1) is 30.7. The molecule has 3 aromatic carbocycles. The van der Waals surface area contributed by atoms with Gasteiger partial charge < -0.3 is 9.90 Å². The van der Waals surface area contributed by atoms with Gasteiger partial charge in [-0.2, -0.15) is 0 Å². The fraction of sp³-hybridized carbons (Fsp3) is 0.229. The fourth-order valence-electron chi connectivity index (χ4n) is 4.20. The molecule has 0 heterocycles. The van der Waals surface area contributed by atoms with Crippen molar-refractivity contribution < 1.29 is 9.90 Å². The van der Waals surface area contributed by atoms with Crippen LogP contribution in [-0.2, 0) is 4.79 Å². The third kappa shape index (κ3) is 10.1. The molecule has 0 aliphatic rings. The number of carbonyl (C=O) groups excluding carboxylic acids is 1. The first-order valence-electron chi connectivity index (χ1n) is 13.1. The highest BCUT2D eigenvalue weighted by atomic mass is 31.2. The first-order chi connectivity index (χ1) is 18.3. The fourth-order valence-corrected chi connectivity index (χ4v) is 8.33. The standard InChI is InChI=1S/C33H38P.C2H4O2/c1-28(2)16-14-17-29(3)18-15-19-30(4)26-27-34(31-20-8-5-9-21-31,32-22-10-6-11-23-32)33-24-12-7-13-25-33;1-2(3)4/h5-13,15-16,18-26H,14,17,27H2,1-4H3;1H3,(H,3,4)/q+1;/p-1. The molecule has 2 nitrogen and oxygen atoms in total. The topological polar surface area (TPSA) is 40.1 Å². The molecule has 0 fully saturated rings. The monoisotopic (exact) mass is 524 g/mol. The minimum Gasteiger partial charge on any atom is -0.550 e. The maximum absolute atomic E-state index is 8.89. The highest BCUT2D eigenvalue weighted by molar-refractivity contribution is 7.95. The lowest BCUT2D eigenvalue weighted by atomic mass is 10.1. The predicted molar refractivity (Wildman–Crippen MR) is 166 cm³/mol. The van der Waals surface area contributed by atoms with Crippen LogP contribution in [0.3, 0.4) is 0 Å². The molecule has 3 heteroatoms. The van der Waals surface area contributed by atoms with E-state index >= 15 is 0 Å². The van der Waals surface area contributed by atoms with Gasteiger partial charge in [-0.05, 0) is 89.9 Å². The maximum atomic E-state index is 8.89. The smallest absolute Gasteiger partial charge is 0.115 e. The number of rotatable bonds is 10. The first-order valence-corrected chi connectivity index (χ1v) is 15.1. The number of hydrogen-bond donors (Lipinski definition) is 0. The van der Waals surface area contributed by atoms with E-state index in [1.165, 1.54) is 32.6 Å². The van der Waals surface area contributed by atoms with Crippen molar-refractivity contribution in [2.45, 2.75) is 47.5 Å². The molecule has 38 heavy (non-hydrogen) atoms. The number of carboxylic acids is 1. The Labute approximate surface area is 230 Å². The largest absolute Gasteiger partial charge is 0.550 e. The summed E-state index contributed by atoms with van der Waals surface area (Å²) >= 11 is 0. The quantitative estimate of drug-likeness (QED) is 0.164. The lowest BCUT2D eigenvalue weighted by molar-refractivity contribution is -0.302. The van der Waals surface area contributed by atoms with E-state index in [1.807, 2.05) is 0 Å². The molecule has 198 valence electrons. The van der Waals surface area contributed by atoms with Crippen LogP contribution in [0.2, 0.25) is 0 Å². The number of allylic oxidation sites excluding steroid dienone is 8. The zero-order valence-electron chi connectivity index (χ0n) is 23.4. The summed E-state index contributed by atoms with van der Waals surface area (Å²) in [4.78, 5) is 8.89. The van der Waals surface area contributed by atoms with Gasteiger partial charge in [0.15, 0.2) is 0 Å². The Kier molecular flexibility index (Phi) is 13.3. The molecule has 0 aromatic heterocycles. The molecule has 0 aliphatic carbocycles. The van der Waals surface area contributed by atoms with Crippen molar-refractivity contribution in [1.82, 2.24) is 0 Å². The Bertz CT molecular complexity index is 1130. The van der Waals surface area contributed by atoms with Crippen molar-refractivity contribution in [3.05, 3.63) is 138 Å². The second-order valence-corrected chi connectivity index (χ2v) is 13.2. The van der Waals surface area contributed by atoms with Crippen LogP contribution < -0.4 is 21.0 Å². The van der Waals surface area contributed by atoms with Gasteiger partial charge in [-0.3, -0.25) is 0 Å². The van der Waals surface area contributed by atoms with Gasteiger partial charge in [0.25, 0.3) is 0 Å². The highest BCUT2D eigenvalue weighted by Crippen LogP contribution is 2.55. The van der Waals surface area contributed by atoms with Crippen LogP contribution in [0.5, 0.6) is 0 Å². The Morgan fingerprint density at radius 2 is 1.13 bits per heavy atom. The van der Waals surface area contributed by atoms with Gasteiger partial charge in [-0.1, -0.05) is 95.6 Å². The Morgan fingerprint density at radius 1 is 0.711 bits per heavy atom. The Balaban J connectivity index is 0.00000118. The van der Waals surface area contributed by atoms with Crippen LogP contribution in [0.25, 0.3) is 0 Å². The molecule has 0 saturated carbocycles. The second-order valence-electron chi connectivity index (χ2n) is 9.63. The number of benzene rings is 3. The van der Waals surface area contributed by atoms with Crippen molar-refractivity contribution in [3.8, 4) is 0 Å². The molecule has 0 aliphatic heterocycles. The molecule has 0 saturated heterocycles. The predicted octanol–water partition coefficient (Wildman–Crippen LogP) is 6.93. The summed E-state index contributed by atoms with van der Waals surface area (Å²) < 4.78 is 0. The summed E-state index contributed by atoms with van der Waals surface area (Å²) in [5.74, 6) is -1.08. The average Bonchev–Trinajstić information content (AvgIpc) is 2.90. The molecule has 0 atom stereocenters. The van der Waals surface area contributed by atoms with E-state index in [0.29, 0.717) is 0 Å². The second kappa shape index (κ2) is 16.4. The zero-order chi connectivity index (χ0) is 27.8. The van der Waals surface area contributed by atoms with Crippen molar-refractivity contribution in [1.29, 1.82) is 0 Å². The summed E-state index contributed by atoms with van der Waals surface area (Å²) in [5, 5.41) is 13.2. The SMILES string of the molecule is CC(=O)[O-].CC(C)=CCCC(C)=CC=CC(C)=CC[P+](c1ccccc1)(c1ccccc1)c1ccccc1. The minimum absolute atomic E-state index is 0.972. The van der Waals surface area contributed by atoms with Crippen LogP contribution >= 0.6 is 7.26 Å². The van der Waals surface area contributed by atoms with Gasteiger partial charge in [0.05, 0.1) is 6.16 Å². The molecular formula is C35H41O2P. The molecule has 3 aromatic rings. The molecule has 0 amide bonds. The van der Waals surface area contributed by atoms with Gasteiger partial charge in [-0.15, -0.1) is 0 Å². The van der Waals surface area contributed by atoms with Crippen molar-refractivity contribution in [2.75, 3.05) is 6.16 Å². The molecule has 0 unspecified atom stereocenters. The van der Waals surface area contributed by atoms with Gasteiger partial charge in [0, 0.05) is 5.97 Å². The van der Waals surface area contributed by atoms with E-state index < -0.39 is 13.2 Å². The van der Waals surface area contributed by atoms with Crippen LogP contribution in [-0.4, -0.2) is 12.1 Å². The van der Waals surface area contributed by atoms with Gasteiger partial charge >= 0.3 is 0 Å².